The second-order valence-electron chi connectivity index (χ2n) is 16.6. The van der Waals surface area contributed by atoms with E-state index in [0.29, 0.717) is 0 Å². The zero-order valence-electron chi connectivity index (χ0n) is 34.5. The van der Waals surface area contributed by atoms with Crippen LogP contribution < -0.4 is 4.74 Å². The van der Waals surface area contributed by atoms with Gasteiger partial charge in [-0.05, 0) is 126 Å². The van der Waals surface area contributed by atoms with E-state index in [1.54, 1.807) is 0 Å². The summed E-state index contributed by atoms with van der Waals surface area (Å²) in [5.74, 6) is 1.73. The van der Waals surface area contributed by atoms with Gasteiger partial charge >= 0.3 is 0 Å². The van der Waals surface area contributed by atoms with Crippen LogP contribution in [0.5, 0.6) is 11.5 Å². The van der Waals surface area contributed by atoms with Crippen LogP contribution in [0.15, 0.2) is 237 Å². The molecule has 9 aromatic rings. The number of hydrogen-bond donors (Lipinski definition) is 0. The topological polar surface area (TPSA) is 9.23 Å². The highest BCUT2D eigenvalue weighted by atomic mass is 16.5. The van der Waals surface area contributed by atoms with Crippen LogP contribution in [-0.2, 0) is 10.8 Å². The molecule has 0 N–H and O–H groups in total. The summed E-state index contributed by atoms with van der Waals surface area (Å²) >= 11 is 0. The van der Waals surface area contributed by atoms with Crippen LogP contribution in [-0.4, -0.2) is 0 Å². The molecule has 1 spiro atoms. The highest BCUT2D eigenvalue weighted by Crippen LogP contribution is 2.64. The molecular weight excluding hydrogens is 749 g/mol. The van der Waals surface area contributed by atoms with Gasteiger partial charge in [0.15, 0.2) is 0 Å². The molecule has 0 amide bonds. The normalized spacial score (nSPS) is 16.4. The van der Waals surface area contributed by atoms with Gasteiger partial charge in [-0.15, -0.1) is 0 Å². The van der Waals surface area contributed by atoms with E-state index in [0.717, 1.165) is 33.8 Å². The average molecular weight is 791 g/mol. The van der Waals surface area contributed by atoms with Crippen LogP contribution >= 0.6 is 0 Å². The Morgan fingerprint density at radius 3 is 1.73 bits per heavy atom. The van der Waals surface area contributed by atoms with Crippen molar-refractivity contribution in [3.63, 3.8) is 0 Å². The van der Waals surface area contributed by atoms with Crippen molar-refractivity contribution < 1.29 is 4.74 Å². The van der Waals surface area contributed by atoms with Gasteiger partial charge in [-0.3, -0.25) is 0 Å². The molecule has 0 radical (unpaired) electrons. The van der Waals surface area contributed by atoms with Gasteiger partial charge in [0.1, 0.15) is 11.5 Å². The minimum absolute atomic E-state index is 0.520. The first-order chi connectivity index (χ1) is 30.7. The van der Waals surface area contributed by atoms with Crippen molar-refractivity contribution in [2.24, 2.45) is 0 Å². The molecule has 1 atom stereocenters. The Labute approximate surface area is 363 Å². The van der Waals surface area contributed by atoms with Gasteiger partial charge in [-0.2, -0.15) is 0 Å². The minimum Gasteiger partial charge on any atom is -0.457 e. The molecule has 292 valence electrons. The summed E-state index contributed by atoms with van der Waals surface area (Å²) in [7, 11) is 0. The highest BCUT2D eigenvalue weighted by molar-refractivity contribution is 6.05. The van der Waals surface area contributed by atoms with Crippen molar-refractivity contribution >= 4 is 16.3 Å². The molecule has 2 aliphatic carbocycles. The third-order valence-corrected chi connectivity index (χ3v) is 13.7. The Morgan fingerprint density at radius 1 is 0.419 bits per heavy atom. The van der Waals surface area contributed by atoms with Crippen molar-refractivity contribution in [1.82, 2.24) is 0 Å². The van der Waals surface area contributed by atoms with Crippen LogP contribution in [0.4, 0.5) is 0 Å². The number of benzene rings is 9. The summed E-state index contributed by atoms with van der Waals surface area (Å²) in [5.41, 5.74) is 18.3. The van der Waals surface area contributed by atoms with Gasteiger partial charge in [-0.25, -0.2) is 0 Å². The van der Waals surface area contributed by atoms with Crippen molar-refractivity contribution in [2.45, 2.75) is 17.8 Å². The Balaban J connectivity index is 1.12. The summed E-state index contributed by atoms with van der Waals surface area (Å²) < 4.78 is 6.82. The molecule has 1 nitrogen and oxygen atoms in total. The maximum Gasteiger partial charge on any atom is 0.132 e. The number of rotatable bonds is 6. The maximum atomic E-state index is 6.82. The lowest BCUT2D eigenvalue weighted by molar-refractivity contribution is 0.434. The van der Waals surface area contributed by atoms with Gasteiger partial charge in [0, 0.05) is 11.1 Å². The molecule has 12 rings (SSSR count). The Bertz CT molecular complexity index is 3310. The predicted octanol–water partition coefficient (Wildman–Crippen LogP) is 15.5. The smallest absolute Gasteiger partial charge is 0.132 e. The molecule has 1 aliphatic heterocycles. The van der Waals surface area contributed by atoms with E-state index in [1.807, 2.05) is 0 Å². The van der Waals surface area contributed by atoms with Gasteiger partial charge in [0.05, 0.1) is 10.8 Å². The first kappa shape index (κ1) is 36.1. The zero-order chi connectivity index (χ0) is 41.4. The van der Waals surface area contributed by atoms with Crippen molar-refractivity contribution in [1.29, 1.82) is 0 Å². The van der Waals surface area contributed by atoms with Gasteiger partial charge < -0.3 is 4.74 Å². The summed E-state index contributed by atoms with van der Waals surface area (Å²) in [6.07, 6.45) is 6.63. The van der Waals surface area contributed by atoms with Crippen molar-refractivity contribution in [2.75, 3.05) is 0 Å². The number of fused-ring (bicyclic) bond motifs is 10. The predicted molar refractivity (Wildman–Crippen MR) is 257 cm³/mol. The van der Waals surface area contributed by atoms with E-state index in [2.05, 4.69) is 238 Å². The largest absolute Gasteiger partial charge is 0.457 e. The van der Waals surface area contributed by atoms with E-state index in [9.17, 15) is 0 Å². The summed E-state index contributed by atoms with van der Waals surface area (Å²) in [6, 6.07) is 75.7. The van der Waals surface area contributed by atoms with Gasteiger partial charge in [0.25, 0.3) is 0 Å². The fraction of sp³-hybridized carbons (Fsp3) is 0.0492. The van der Waals surface area contributed by atoms with E-state index in [4.69, 9.17) is 4.74 Å². The molecule has 9 aromatic carbocycles. The lowest BCUT2D eigenvalue weighted by Crippen LogP contribution is -2.34. The zero-order valence-corrected chi connectivity index (χ0v) is 34.5. The molecule has 1 unspecified atom stereocenters. The lowest BCUT2D eigenvalue weighted by Gasteiger charge is -2.41. The number of para-hydroxylation sites is 1. The lowest BCUT2D eigenvalue weighted by atomic mass is 9.63. The molecular formula is C61H42O. The SMILES string of the molecule is C=CC1=C(/C=C\C)C2(c3ccccc3-c3cc4ccccc4cc32)c2cccc(-c3ccccc3-c3ccc4c(c3)C(c3ccccc3)(c3ccccc3)c3ccccc3O4)c21. The van der Waals surface area contributed by atoms with Crippen molar-refractivity contribution in [3.8, 4) is 44.9 Å². The second kappa shape index (κ2) is 13.9. The monoisotopic (exact) mass is 790 g/mol. The van der Waals surface area contributed by atoms with E-state index >= 15 is 0 Å². The molecule has 0 saturated carbocycles. The van der Waals surface area contributed by atoms with Crippen LogP contribution in [0.25, 0.3) is 49.7 Å². The Kier molecular flexibility index (Phi) is 8.11. The van der Waals surface area contributed by atoms with Crippen LogP contribution in [0, 0.1) is 0 Å². The van der Waals surface area contributed by atoms with Crippen LogP contribution in [0.1, 0.15) is 51.4 Å². The molecule has 0 saturated heterocycles. The molecule has 0 fully saturated rings. The Morgan fingerprint density at radius 2 is 1.00 bits per heavy atom. The summed E-state index contributed by atoms with van der Waals surface area (Å²) in [4.78, 5) is 0. The van der Waals surface area contributed by atoms with Crippen LogP contribution in [0.3, 0.4) is 0 Å². The third kappa shape index (κ3) is 4.85. The Hall–Kier alpha value is -7.74. The molecule has 0 bridgehead atoms. The highest BCUT2D eigenvalue weighted by Gasteiger charge is 2.52. The maximum absolute atomic E-state index is 6.82. The molecule has 62 heavy (non-hydrogen) atoms. The number of allylic oxidation sites excluding steroid dienone is 5. The molecule has 1 heterocycles. The third-order valence-electron chi connectivity index (χ3n) is 13.7. The van der Waals surface area contributed by atoms with E-state index < -0.39 is 10.8 Å². The van der Waals surface area contributed by atoms with Gasteiger partial charge in [-0.1, -0.05) is 201 Å². The van der Waals surface area contributed by atoms with Crippen LogP contribution in [0.2, 0.25) is 0 Å². The fourth-order valence-corrected chi connectivity index (χ4v) is 11.3. The van der Waals surface area contributed by atoms with Gasteiger partial charge in [0.2, 0.25) is 0 Å². The second-order valence-corrected chi connectivity index (χ2v) is 16.6. The summed E-state index contributed by atoms with van der Waals surface area (Å²) in [6.45, 7) is 6.67. The fourth-order valence-electron chi connectivity index (χ4n) is 11.3. The first-order valence-electron chi connectivity index (χ1n) is 21.6. The molecule has 0 aromatic heterocycles. The quantitative estimate of drug-likeness (QED) is 0.163. The van der Waals surface area contributed by atoms with E-state index in [-0.39, 0.29) is 0 Å². The number of ether oxygens (including phenoxy) is 1. The van der Waals surface area contributed by atoms with Crippen molar-refractivity contribution in [3.05, 3.63) is 281 Å². The summed E-state index contributed by atoms with van der Waals surface area (Å²) in [5, 5.41) is 2.50. The molecule has 1 heteroatoms. The van der Waals surface area contributed by atoms with E-state index in [1.165, 1.54) is 77.6 Å². The number of hydrogen-bond acceptors (Lipinski definition) is 1. The standard InChI is InChI=1S/C61H42O/c1-3-20-51-45(4-2)59-49(30-19-33-54(59)61(51)52-31-16-15-29-48(52)50-37-40-21-11-12-22-41(40)38-55(50)61)47-28-14-13-27-46(47)42-35-36-58-56(39-42)60(43-23-7-5-8-24-43,44-25-9-6-10-26-44)53-32-17-18-34-57(53)62-58/h3-39H,2H2,1H3/b20-3-. The minimum atomic E-state index is -0.619. The average Bonchev–Trinajstić information content (AvgIpc) is 3.79. The first-order valence-corrected chi connectivity index (χ1v) is 21.6. The molecule has 3 aliphatic rings.